The predicted octanol–water partition coefficient (Wildman–Crippen LogP) is 3.11. The minimum Gasteiger partial charge on any atom is -0.375 e. The van der Waals surface area contributed by atoms with Crippen LogP contribution in [-0.2, 0) is 4.74 Å². The van der Waals surface area contributed by atoms with Gasteiger partial charge in [0, 0.05) is 18.7 Å². The van der Waals surface area contributed by atoms with Gasteiger partial charge in [-0.15, -0.1) is 0 Å². The molecule has 2 rings (SSSR count). The third-order valence-corrected chi connectivity index (χ3v) is 4.65. The van der Waals surface area contributed by atoms with Crippen molar-refractivity contribution < 1.29 is 4.74 Å². The summed E-state index contributed by atoms with van der Waals surface area (Å²) >= 11 is 0. The monoisotopic (exact) mass is 225 g/mol. The standard InChI is InChI=1S/C14H27NO/c1-4-14(3)10-12(8-9-16-14)15-13-7-5-6-11(13)2/h11-13,15H,4-10H2,1-3H3. The summed E-state index contributed by atoms with van der Waals surface area (Å²) in [7, 11) is 0. The van der Waals surface area contributed by atoms with Gasteiger partial charge in [0.25, 0.3) is 0 Å². The first-order valence-electron chi connectivity index (χ1n) is 7.03. The van der Waals surface area contributed by atoms with Gasteiger partial charge in [-0.25, -0.2) is 0 Å². The van der Waals surface area contributed by atoms with E-state index in [-0.39, 0.29) is 5.60 Å². The molecule has 2 fully saturated rings. The zero-order valence-electron chi connectivity index (χ0n) is 11.1. The highest BCUT2D eigenvalue weighted by Crippen LogP contribution is 2.30. The van der Waals surface area contributed by atoms with Crippen LogP contribution >= 0.6 is 0 Å². The molecule has 0 aromatic heterocycles. The van der Waals surface area contributed by atoms with Crippen LogP contribution in [0.1, 0.15) is 59.3 Å². The molecule has 1 N–H and O–H groups in total. The molecule has 2 nitrogen and oxygen atoms in total. The van der Waals surface area contributed by atoms with Crippen molar-refractivity contribution in [3.8, 4) is 0 Å². The Balaban J connectivity index is 1.85. The average Bonchev–Trinajstić information content (AvgIpc) is 2.65. The van der Waals surface area contributed by atoms with Gasteiger partial charge in [0.1, 0.15) is 0 Å². The molecule has 1 aliphatic carbocycles. The maximum Gasteiger partial charge on any atom is 0.0666 e. The minimum atomic E-state index is 0.123. The second-order valence-corrected chi connectivity index (χ2v) is 6.02. The molecular formula is C14H27NO. The van der Waals surface area contributed by atoms with Crippen LogP contribution in [0.2, 0.25) is 0 Å². The molecule has 4 atom stereocenters. The quantitative estimate of drug-likeness (QED) is 0.797. The van der Waals surface area contributed by atoms with E-state index in [1.807, 2.05) is 0 Å². The van der Waals surface area contributed by atoms with Crippen LogP contribution in [0.25, 0.3) is 0 Å². The van der Waals surface area contributed by atoms with Gasteiger partial charge in [0.2, 0.25) is 0 Å². The van der Waals surface area contributed by atoms with Crippen molar-refractivity contribution in [3.05, 3.63) is 0 Å². The van der Waals surface area contributed by atoms with Crippen LogP contribution in [0.5, 0.6) is 0 Å². The van der Waals surface area contributed by atoms with Crippen molar-refractivity contribution >= 4 is 0 Å². The van der Waals surface area contributed by atoms with E-state index in [0.29, 0.717) is 6.04 Å². The minimum absolute atomic E-state index is 0.123. The Bertz CT molecular complexity index is 231. The fourth-order valence-electron chi connectivity index (χ4n) is 3.21. The lowest BCUT2D eigenvalue weighted by molar-refractivity contribution is -0.0794. The number of hydrogen-bond acceptors (Lipinski definition) is 2. The topological polar surface area (TPSA) is 21.3 Å². The first kappa shape index (κ1) is 12.4. The van der Waals surface area contributed by atoms with Crippen LogP contribution in [0.4, 0.5) is 0 Å². The molecule has 0 amide bonds. The third-order valence-electron chi connectivity index (χ3n) is 4.65. The molecule has 1 aliphatic heterocycles. The van der Waals surface area contributed by atoms with Crippen molar-refractivity contribution in [3.63, 3.8) is 0 Å². The molecule has 4 unspecified atom stereocenters. The van der Waals surface area contributed by atoms with E-state index >= 15 is 0 Å². The second kappa shape index (κ2) is 5.05. The predicted molar refractivity (Wildman–Crippen MR) is 67.6 cm³/mol. The summed E-state index contributed by atoms with van der Waals surface area (Å²) in [5.74, 6) is 0.871. The molecule has 1 saturated carbocycles. The largest absolute Gasteiger partial charge is 0.375 e. The van der Waals surface area contributed by atoms with Crippen LogP contribution < -0.4 is 5.32 Å². The van der Waals surface area contributed by atoms with E-state index in [4.69, 9.17) is 4.74 Å². The molecule has 0 bridgehead atoms. The van der Waals surface area contributed by atoms with Gasteiger partial charge in [-0.2, -0.15) is 0 Å². The van der Waals surface area contributed by atoms with Crippen molar-refractivity contribution in [2.24, 2.45) is 5.92 Å². The van der Waals surface area contributed by atoms with Crippen molar-refractivity contribution in [2.45, 2.75) is 77.0 Å². The van der Waals surface area contributed by atoms with E-state index in [9.17, 15) is 0 Å². The Kier molecular flexibility index (Phi) is 3.91. The van der Waals surface area contributed by atoms with Gasteiger partial charge in [0.15, 0.2) is 0 Å². The fraction of sp³-hybridized carbons (Fsp3) is 1.00. The van der Waals surface area contributed by atoms with E-state index in [0.717, 1.165) is 25.0 Å². The molecule has 0 aromatic rings. The highest BCUT2D eigenvalue weighted by atomic mass is 16.5. The average molecular weight is 225 g/mol. The van der Waals surface area contributed by atoms with E-state index in [1.165, 1.54) is 32.1 Å². The summed E-state index contributed by atoms with van der Waals surface area (Å²) in [5, 5.41) is 3.88. The normalized spacial score (nSPS) is 44.8. The molecule has 2 heteroatoms. The molecule has 0 aromatic carbocycles. The Morgan fingerprint density at radius 1 is 1.31 bits per heavy atom. The van der Waals surface area contributed by atoms with Gasteiger partial charge in [0.05, 0.1) is 5.60 Å². The number of rotatable bonds is 3. The summed E-state index contributed by atoms with van der Waals surface area (Å²) in [4.78, 5) is 0. The third kappa shape index (κ3) is 2.78. The Morgan fingerprint density at radius 3 is 2.75 bits per heavy atom. The molecule has 2 aliphatic rings. The Morgan fingerprint density at radius 2 is 2.12 bits per heavy atom. The lowest BCUT2D eigenvalue weighted by Gasteiger charge is -2.39. The van der Waals surface area contributed by atoms with Crippen LogP contribution in [0, 0.1) is 5.92 Å². The smallest absolute Gasteiger partial charge is 0.0666 e. The maximum atomic E-state index is 5.90. The summed E-state index contributed by atoms with van der Waals surface area (Å²) < 4.78 is 5.90. The second-order valence-electron chi connectivity index (χ2n) is 6.02. The number of ether oxygens (including phenoxy) is 1. The summed E-state index contributed by atoms with van der Waals surface area (Å²) in [5.41, 5.74) is 0.123. The fourth-order valence-corrected chi connectivity index (χ4v) is 3.21. The Hall–Kier alpha value is -0.0800. The molecule has 0 spiro atoms. The summed E-state index contributed by atoms with van der Waals surface area (Å²) in [6, 6.07) is 1.45. The molecule has 1 saturated heterocycles. The highest BCUT2D eigenvalue weighted by Gasteiger charge is 2.34. The molecule has 16 heavy (non-hydrogen) atoms. The number of nitrogens with one attached hydrogen (secondary N) is 1. The van der Waals surface area contributed by atoms with Crippen LogP contribution in [-0.4, -0.2) is 24.3 Å². The lowest BCUT2D eigenvalue weighted by atomic mass is 9.89. The SMILES string of the molecule is CCC1(C)CC(NC2CCCC2C)CCO1. The summed E-state index contributed by atoms with van der Waals surface area (Å²) in [6.45, 7) is 7.83. The number of hydrogen-bond donors (Lipinski definition) is 1. The van der Waals surface area contributed by atoms with Crippen molar-refractivity contribution in [1.29, 1.82) is 0 Å². The molecule has 1 heterocycles. The zero-order valence-corrected chi connectivity index (χ0v) is 11.1. The highest BCUT2D eigenvalue weighted by molar-refractivity contribution is 4.89. The maximum absolute atomic E-state index is 5.90. The van der Waals surface area contributed by atoms with E-state index in [2.05, 4.69) is 26.1 Å². The Labute approximate surface area is 100 Å². The van der Waals surface area contributed by atoms with E-state index in [1.54, 1.807) is 0 Å². The zero-order chi connectivity index (χ0) is 11.6. The van der Waals surface area contributed by atoms with Crippen molar-refractivity contribution in [2.75, 3.05) is 6.61 Å². The molecular weight excluding hydrogens is 198 g/mol. The summed E-state index contributed by atoms with van der Waals surface area (Å²) in [6.07, 6.45) is 7.71. The first-order valence-corrected chi connectivity index (χ1v) is 7.03. The van der Waals surface area contributed by atoms with E-state index < -0.39 is 0 Å². The van der Waals surface area contributed by atoms with Crippen LogP contribution in [0.3, 0.4) is 0 Å². The van der Waals surface area contributed by atoms with Gasteiger partial charge in [-0.1, -0.05) is 20.3 Å². The van der Waals surface area contributed by atoms with Crippen molar-refractivity contribution in [1.82, 2.24) is 5.32 Å². The molecule has 0 radical (unpaired) electrons. The molecule has 94 valence electrons. The van der Waals surface area contributed by atoms with Gasteiger partial charge >= 0.3 is 0 Å². The van der Waals surface area contributed by atoms with Gasteiger partial charge < -0.3 is 10.1 Å². The van der Waals surface area contributed by atoms with Gasteiger partial charge in [-0.05, 0) is 44.9 Å². The van der Waals surface area contributed by atoms with Gasteiger partial charge in [-0.3, -0.25) is 0 Å². The van der Waals surface area contributed by atoms with Crippen LogP contribution in [0.15, 0.2) is 0 Å². The lowest BCUT2D eigenvalue weighted by Crippen LogP contribution is -2.48. The first-order chi connectivity index (χ1) is 7.63.